The van der Waals surface area contributed by atoms with Gasteiger partial charge in [-0.25, -0.2) is 0 Å². The van der Waals surface area contributed by atoms with Crippen LogP contribution in [0.15, 0.2) is 194 Å². The molecule has 0 bridgehead atoms. The molecule has 0 unspecified atom stereocenters. The summed E-state index contributed by atoms with van der Waals surface area (Å²) in [6, 6.07) is 60.1. The van der Waals surface area contributed by atoms with Gasteiger partial charge in [0.1, 0.15) is 0 Å². The smallest absolute Gasteiger partial charge is 0.0547 e. The largest absolute Gasteiger partial charge is 0.309 e. The van der Waals surface area contributed by atoms with E-state index < -0.39 is 0 Å². The molecule has 0 saturated carbocycles. The minimum Gasteiger partial charge on any atom is -0.309 e. The van der Waals surface area contributed by atoms with Gasteiger partial charge in [-0.2, -0.15) is 0 Å². The highest BCUT2D eigenvalue weighted by molar-refractivity contribution is 6.10. The molecular formula is C52H41N. The van der Waals surface area contributed by atoms with Crippen molar-refractivity contribution in [1.29, 1.82) is 0 Å². The minimum absolute atomic E-state index is 0.0710. The topological polar surface area (TPSA) is 4.93 Å². The predicted octanol–water partition coefficient (Wildman–Crippen LogP) is 14.3. The fraction of sp³-hybridized carbons (Fsp3) is 0.0769. The lowest BCUT2D eigenvalue weighted by Gasteiger charge is -2.21. The third-order valence-corrected chi connectivity index (χ3v) is 11.1. The Morgan fingerprint density at radius 3 is 1.64 bits per heavy atom. The van der Waals surface area contributed by atoms with Crippen molar-refractivity contribution in [3.8, 4) is 50.2 Å². The molecule has 0 amide bonds. The van der Waals surface area contributed by atoms with Gasteiger partial charge in [-0.05, 0) is 122 Å². The van der Waals surface area contributed by atoms with E-state index in [1.807, 2.05) is 6.08 Å². The molecule has 53 heavy (non-hydrogen) atoms. The van der Waals surface area contributed by atoms with Gasteiger partial charge in [0, 0.05) is 21.9 Å². The molecule has 7 aromatic carbocycles. The number of rotatable bonds is 6. The van der Waals surface area contributed by atoms with Crippen molar-refractivity contribution in [1.82, 2.24) is 4.57 Å². The summed E-state index contributed by atoms with van der Waals surface area (Å²) in [4.78, 5) is 0. The third kappa shape index (κ3) is 5.48. The van der Waals surface area contributed by atoms with Crippen LogP contribution in [-0.2, 0) is 5.41 Å². The van der Waals surface area contributed by atoms with Crippen molar-refractivity contribution >= 4 is 27.4 Å². The monoisotopic (exact) mass is 679 g/mol. The van der Waals surface area contributed by atoms with E-state index in [1.54, 1.807) is 0 Å². The first-order valence-corrected chi connectivity index (χ1v) is 18.5. The number of para-hydroxylation sites is 1. The Balaban J connectivity index is 1.16. The molecule has 1 aliphatic rings. The van der Waals surface area contributed by atoms with E-state index in [0.717, 1.165) is 5.69 Å². The lowest BCUT2D eigenvalue weighted by Crippen LogP contribution is -2.14. The first-order chi connectivity index (χ1) is 25.9. The lowest BCUT2D eigenvalue weighted by molar-refractivity contribution is 0.661. The number of nitrogens with zero attached hydrogens (tertiary/aromatic N) is 1. The summed E-state index contributed by atoms with van der Waals surface area (Å²) in [7, 11) is 0. The SMILES string of the molecule is C=CC=C1/C(=C\C)c2cc(-c3ccc4c5ccccc5n(-c5ccc(-c6cc(-c7ccccc7)cc(-c7ccccc7)c6)cc5)c4c3)ccc2C1(C)C. The number of hydrogen-bond acceptors (Lipinski definition) is 0. The maximum Gasteiger partial charge on any atom is 0.0547 e. The second-order valence-corrected chi connectivity index (χ2v) is 14.6. The van der Waals surface area contributed by atoms with Crippen molar-refractivity contribution < 1.29 is 0 Å². The number of hydrogen-bond donors (Lipinski definition) is 0. The maximum absolute atomic E-state index is 4.01. The van der Waals surface area contributed by atoms with Crippen LogP contribution in [0, 0.1) is 0 Å². The summed E-state index contributed by atoms with van der Waals surface area (Å²) < 4.78 is 2.42. The summed E-state index contributed by atoms with van der Waals surface area (Å²) >= 11 is 0. The van der Waals surface area contributed by atoms with Gasteiger partial charge in [0.05, 0.1) is 11.0 Å². The van der Waals surface area contributed by atoms with Crippen LogP contribution in [0.1, 0.15) is 31.9 Å². The van der Waals surface area contributed by atoms with Crippen LogP contribution in [0.5, 0.6) is 0 Å². The minimum atomic E-state index is -0.0710. The van der Waals surface area contributed by atoms with Gasteiger partial charge < -0.3 is 4.57 Å². The molecule has 0 N–H and O–H groups in total. The molecule has 1 nitrogen and oxygen atoms in total. The van der Waals surface area contributed by atoms with Crippen molar-refractivity contribution in [3.63, 3.8) is 0 Å². The van der Waals surface area contributed by atoms with E-state index >= 15 is 0 Å². The Morgan fingerprint density at radius 2 is 1.02 bits per heavy atom. The van der Waals surface area contributed by atoms with Crippen LogP contribution in [0.2, 0.25) is 0 Å². The summed E-state index contributed by atoms with van der Waals surface area (Å²) in [5.74, 6) is 0. The van der Waals surface area contributed by atoms with Gasteiger partial charge in [0.2, 0.25) is 0 Å². The van der Waals surface area contributed by atoms with Gasteiger partial charge in [0.25, 0.3) is 0 Å². The van der Waals surface area contributed by atoms with E-state index in [9.17, 15) is 0 Å². The fourth-order valence-electron chi connectivity index (χ4n) is 8.47. The molecular weight excluding hydrogens is 639 g/mol. The summed E-state index contributed by atoms with van der Waals surface area (Å²) in [5.41, 5.74) is 18.5. The Kier molecular flexibility index (Phi) is 7.94. The molecule has 1 aromatic heterocycles. The predicted molar refractivity (Wildman–Crippen MR) is 227 cm³/mol. The number of allylic oxidation sites excluding steroid dienone is 5. The molecule has 9 rings (SSSR count). The van der Waals surface area contributed by atoms with Crippen LogP contribution in [-0.4, -0.2) is 4.57 Å². The molecule has 0 saturated heterocycles. The second-order valence-electron chi connectivity index (χ2n) is 14.6. The molecule has 254 valence electrons. The van der Waals surface area contributed by atoms with Crippen molar-refractivity contribution in [2.45, 2.75) is 26.2 Å². The van der Waals surface area contributed by atoms with Crippen LogP contribution >= 0.6 is 0 Å². The van der Waals surface area contributed by atoms with E-state index in [2.05, 4.69) is 208 Å². The quantitative estimate of drug-likeness (QED) is 0.165. The van der Waals surface area contributed by atoms with Crippen molar-refractivity contribution in [3.05, 3.63) is 205 Å². The first-order valence-electron chi connectivity index (χ1n) is 18.5. The van der Waals surface area contributed by atoms with Gasteiger partial charge in [-0.15, -0.1) is 0 Å². The molecule has 0 aliphatic heterocycles. The summed E-state index contributed by atoms with van der Waals surface area (Å²) in [6.07, 6.45) is 6.33. The molecule has 1 heterocycles. The molecule has 8 aromatic rings. The number of aromatic nitrogens is 1. The van der Waals surface area contributed by atoms with Gasteiger partial charge in [0.15, 0.2) is 0 Å². The van der Waals surface area contributed by atoms with E-state index in [4.69, 9.17) is 0 Å². The van der Waals surface area contributed by atoms with E-state index in [0.29, 0.717) is 0 Å². The van der Waals surface area contributed by atoms with Crippen molar-refractivity contribution in [2.75, 3.05) is 0 Å². The van der Waals surface area contributed by atoms with Gasteiger partial charge in [-0.3, -0.25) is 0 Å². The van der Waals surface area contributed by atoms with Crippen LogP contribution < -0.4 is 0 Å². The van der Waals surface area contributed by atoms with Gasteiger partial charge in [-0.1, -0.05) is 154 Å². The number of benzene rings is 7. The van der Waals surface area contributed by atoms with Crippen molar-refractivity contribution in [2.24, 2.45) is 0 Å². The fourth-order valence-corrected chi connectivity index (χ4v) is 8.47. The maximum atomic E-state index is 4.01. The average molecular weight is 680 g/mol. The standard InChI is InChI=1S/C52H41N/c1-5-15-48-44(6-2)47-33-38(25-29-49(47)52(48,3)4)39-24-28-46-45-20-13-14-21-50(45)53(51(46)34-39)43-26-22-37(23-27-43)42-31-40(35-16-9-7-10-17-35)30-41(32-42)36-18-11-8-12-19-36/h5-34H,1H2,2-4H3/b44-6-,48-15?. The van der Waals surface area contributed by atoms with Crippen LogP contribution in [0.3, 0.4) is 0 Å². The normalized spacial score (nSPS) is 15.0. The van der Waals surface area contributed by atoms with E-state index in [1.165, 1.54) is 88.6 Å². The first kappa shape index (κ1) is 32.5. The van der Waals surface area contributed by atoms with Crippen LogP contribution in [0.4, 0.5) is 0 Å². The highest BCUT2D eigenvalue weighted by Gasteiger charge is 2.37. The Bertz CT molecular complexity index is 2680. The molecule has 0 spiro atoms. The van der Waals surface area contributed by atoms with Gasteiger partial charge >= 0.3 is 0 Å². The highest BCUT2D eigenvalue weighted by atomic mass is 15.0. The third-order valence-electron chi connectivity index (χ3n) is 11.1. The lowest BCUT2D eigenvalue weighted by atomic mass is 9.82. The Labute approximate surface area is 312 Å². The zero-order valence-corrected chi connectivity index (χ0v) is 30.5. The Morgan fingerprint density at radius 1 is 0.491 bits per heavy atom. The van der Waals surface area contributed by atoms with E-state index in [-0.39, 0.29) is 5.41 Å². The van der Waals surface area contributed by atoms with Crippen LogP contribution in [0.25, 0.3) is 77.6 Å². The zero-order valence-electron chi connectivity index (χ0n) is 30.5. The molecule has 0 radical (unpaired) electrons. The summed E-state index contributed by atoms with van der Waals surface area (Å²) in [6.45, 7) is 10.8. The zero-order chi connectivity index (χ0) is 36.1. The summed E-state index contributed by atoms with van der Waals surface area (Å²) in [5, 5.41) is 2.51. The molecule has 0 atom stereocenters. The molecule has 0 fully saturated rings. The molecule has 1 heteroatoms. The Hall–Kier alpha value is -6.44. The second kappa shape index (κ2) is 13.0. The molecule has 1 aliphatic carbocycles. The number of fused-ring (bicyclic) bond motifs is 4. The average Bonchev–Trinajstić information content (AvgIpc) is 3.65. The highest BCUT2D eigenvalue weighted by Crippen LogP contribution is 2.50.